The van der Waals surface area contributed by atoms with Crippen molar-refractivity contribution in [2.45, 2.75) is 13.0 Å². The second-order valence-electron chi connectivity index (χ2n) is 4.26. The summed E-state index contributed by atoms with van der Waals surface area (Å²) in [5.41, 5.74) is 1.39. The molecule has 0 spiro atoms. The number of aryl methyl sites for hydroxylation is 1. The van der Waals surface area contributed by atoms with Crippen molar-refractivity contribution in [3.05, 3.63) is 17.0 Å². The maximum absolute atomic E-state index is 11.8. The Bertz CT molecular complexity index is 602. The standard InChI is InChI=1S/C11H13N5O4/c1-15-8-4-16(11(20)13-5-12-6-17)3-2-7(8)9(14-15)10(18)19/h2-5H2,1H3,(H,13,20)(H,18,19). The summed E-state index contributed by atoms with van der Waals surface area (Å²) in [7, 11) is 1.64. The van der Waals surface area contributed by atoms with Crippen molar-refractivity contribution in [3.63, 3.8) is 0 Å². The number of nitrogens with one attached hydrogen (secondary N) is 1. The number of rotatable bonds is 3. The van der Waals surface area contributed by atoms with Crippen LogP contribution in [0.3, 0.4) is 0 Å². The molecule has 20 heavy (non-hydrogen) atoms. The topological polar surface area (TPSA) is 117 Å². The first-order valence-corrected chi connectivity index (χ1v) is 5.89. The molecule has 0 fully saturated rings. The summed E-state index contributed by atoms with van der Waals surface area (Å²) in [5.74, 6) is -1.07. The maximum atomic E-state index is 11.8. The van der Waals surface area contributed by atoms with Gasteiger partial charge in [-0.15, -0.1) is 0 Å². The van der Waals surface area contributed by atoms with Crippen LogP contribution in [0.2, 0.25) is 0 Å². The average molecular weight is 279 g/mol. The van der Waals surface area contributed by atoms with E-state index in [1.54, 1.807) is 7.05 Å². The predicted octanol–water partition coefficient (Wildman–Crippen LogP) is -0.521. The minimum absolute atomic E-state index is 0.0353. The number of carbonyl (C=O) groups excluding carboxylic acids is 2. The van der Waals surface area contributed by atoms with Crippen molar-refractivity contribution in [3.8, 4) is 0 Å². The van der Waals surface area contributed by atoms with Gasteiger partial charge in [-0.2, -0.15) is 10.1 Å². The second kappa shape index (κ2) is 5.54. The maximum Gasteiger partial charge on any atom is 0.356 e. The van der Waals surface area contributed by atoms with E-state index in [0.717, 1.165) is 0 Å². The van der Waals surface area contributed by atoms with Gasteiger partial charge >= 0.3 is 12.0 Å². The fourth-order valence-electron chi connectivity index (χ4n) is 2.17. The second-order valence-corrected chi connectivity index (χ2v) is 4.26. The molecule has 0 saturated carbocycles. The van der Waals surface area contributed by atoms with Gasteiger partial charge in [0.1, 0.15) is 6.67 Å². The van der Waals surface area contributed by atoms with Gasteiger partial charge in [0.15, 0.2) is 5.69 Å². The van der Waals surface area contributed by atoms with Gasteiger partial charge in [-0.05, 0) is 6.42 Å². The van der Waals surface area contributed by atoms with E-state index in [2.05, 4.69) is 15.4 Å². The molecule has 2 rings (SSSR count). The van der Waals surface area contributed by atoms with Gasteiger partial charge in [-0.25, -0.2) is 14.4 Å². The third-order valence-electron chi connectivity index (χ3n) is 3.11. The molecule has 2 amide bonds. The van der Waals surface area contributed by atoms with Crippen molar-refractivity contribution < 1.29 is 19.5 Å². The van der Waals surface area contributed by atoms with Gasteiger partial charge in [0.05, 0.1) is 12.2 Å². The molecule has 2 heterocycles. The molecule has 106 valence electrons. The molecular formula is C11H13N5O4. The molecule has 9 nitrogen and oxygen atoms in total. The number of isocyanates is 1. The number of hydrogen-bond acceptors (Lipinski definition) is 5. The van der Waals surface area contributed by atoms with Crippen LogP contribution in [0.15, 0.2) is 4.99 Å². The zero-order chi connectivity index (χ0) is 14.7. The zero-order valence-electron chi connectivity index (χ0n) is 10.8. The van der Waals surface area contributed by atoms with Gasteiger partial charge in [-0.1, -0.05) is 0 Å². The SMILES string of the molecule is Cn1nc(C(=O)O)c2c1CN(C(=O)NCN=C=O)CC2. The van der Waals surface area contributed by atoms with E-state index in [1.165, 1.54) is 15.7 Å². The Kier molecular flexibility index (Phi) is 3.81. The fraction of sp³-hybridized carbons (Fsp3) is 0.455. The van der Waals surface area contributed by atoms with E-state index >= 15 is 0 Å². The zero-order valence-corrected chi connectivity index (χ0v) is 10.8. The van der Waals surface area contributed by atoms with E-state index in [0.29, 0.717) is 24.2 Å². The Labute approximate surface area is 113 Å². The minimum Gasteiger partial charge on any atom is -0.476 e. The Morgan fingerprint density at radius 2 is 2.30 bits per heavy atom. The molecule has 1 aliphatic rings. The van der Waals surface area contributed by atoms with Crippen LogP contribution in [0.4, 0.5) is 4.79 Å². The largest absolute Gasteiger partial charge is 0.476 e. The van der Waals surface area contributed by atoms with Crippen LogP contribution in [-0.2, 0) is 24.8 Å². The van der Waals surface area contributed by atoms with Crippen LogP contribution in [0, 0.1) is 0 Å². The number of aromatic carboxylic acids is 1. The van der Waals surface area contributed by atoms with Crippen molar-refractivity contribution in [2.75, 3.05) is 13.2 Å². The molecule has 1 aliphatic heterocycles. The number of nitrogens with zero attached hydrogens (tertiary/aromatic N) is 4. The van der Waals surface area contributed by atoms with Crippen molar-refractivity contribution >= 4 is 18.1 Å². The summed E-state index contributed by atoms with van der Waals surface area (Å²) in [5, 5.41) is 15.4. The fourth-order valence-corrected chi connectivity index (χ4v) is 2.17. The van der Waals surface area contributed by atoms with Crippen LogP contribution >= 0.6 is 0 Å². The first-order valence-electron chi connectivity index (χ1n) is 5.89. The highest BCUT2D eigenvalue weighted by atomic mass is 16.4. The summed E-state index contributed by atoms with van der Waals surface area (Å²) >= 11 is 0. The Balaban J connectivity index is 2.13. The first-order chi connectivity index (χ1) is 9.54. The molecule has 0 saturated heterocycles. The lowest BCUT2D eigenvalue weighted by molar-refractivity contribution is 0.0688. The summed E-state index contributed by atoms with van der Waals surface area (Å²) in [6.45, 7) is 0.524. The monoisotopic (exact) mass is 279 g/mol. The van der Waals surface area contributed by atoms with Gasteiger partial charge in [0.2, 0.25) is 6.08 Å². The summed E-state index contributed by atoms with van der Waals surface area (Å²) in [6.07, 6.45) is 1.75. The number of fused-ring (bicyclic) bond motifs is 1. The van der Waals surface area contributed by atoms with E-state index in [-0.39, 0.29) is 24.9 Å². The highest BCUT2D eigenvalue weighted by molar-refractivity contribution is 5.87. The van der Waals surface area contributed by atoms with Crippen LogP contribution in [0.25, 0.3) is 0 Å². The highest BCUT2D eigenvalue weighted by Crippen LogP contribution is 2.21. The van der Waals surface area contributed by atoms with Crippen LogP contribution in [0.1, 0.15) is 21.7 Å². The number of hydrogen-bond donors (Lipinski definition) is 2. The van der Waals surface area contributed by atoms with Crippen LogP contribution in [0.5, 0.6) is 0 Å². The normalized spacial score (nSPS) is 13.3. The van der Waals surface area contributed by atoms with Crippen LogP contribution < -0.4 is 5.32 Å². The van der Waals surface area contributed by atoms with E-state index in [9.17, 15) is 14.4 Å². The quantitative estimate of drug-likeness (QED) is 0.570. The lowest BCUT2D eigenvalue weighted by Gasteiger charge is -2.27. The van der Waals surface area contributed by atoms with Crippen molar-refractivity contribution in [2.24, 2.45) is 12.0 Å². The molecule has 0 bridgehead atoms. The highest BCUT2D eigenvalue weighted by Gasteiger charge is 2.28. The molecule has 0 aliphatic carbocycles. The van der Waals surface area contributed by atoms with Crippen molar-refractivity contribution in [1.29, 1.82) is 0 Å². The van der Waals surface area contributed by atoms with Gasteiger partial charge < -0.3 is 15.3 Å². The molecule has 9 heteroatoms. The number of carboxylic acid groups (broad SMARTS) is 1. The lowest BCUT2D eigenvalue weighted by atomic mass is 10.0. The molecule has 0 radical (unpaired) electrons. The molecule has 0 atom stereocenters. The predicted molar refractivity (Wildman–Crippen MR) is 65.8 cm³/mol. The van der Waals surface area contributed by atoms with Gasteiger partial charge in [-0.3, -0.25) is 4.68 Å². The van der Waals surface area contributed by atoms with Crippen molar-refractivity contribution in [1.82, 2.24) is 20.0 Å². The number of carbonyl (C=O) groups is 2. The van der Waals surface area contributed by atoms with Gasteiger partial charge in [0.25, 0.3) is 0 Å². The van der Waals surface area contributed by atoms with Crippen LogP contribution in [-0.4, -0.2) is 51.1 Å². The number of amides is 2. The third kappa shape index (κ3) is 2.52. The van der Waals surface area contributed by atoms with Gasteiger partial charge in [0, 0.05) is 19.2 Å². The molecule has 1 aromatic rings. The van der Waals surface area contributed by atoms with E-state index < -0.39 is 5.97 Å². The number of carboxylic acids is 1. The molecule has 2 N–H and O–H groups in total. The summed E-state index contributed by atoms with van der Waals surface area (Å²) in [4.78, 5) is 37.5. The third-order valence-corrected chi connectivity index (χ3v) is 3.11. The smallest absolute Gasteiger partial charge is 0.356 e. The average Bonchev–Trinajstić information content (AvgIpc) is 2.76. The molecular weight excluding hydrogens is 266 g/mol. The lowest BCUT2D eigenvalue weighted by Crippen LogP contribution is -2.43. The number of urea groups is 1. The first kappa shape index (κ1) is 13.8. The summed E-state index contributed by atoms with van der Waals surface area (Å²) in [6, 6.07) is -0.368. The Morgan fingerprint density at radius 1 is 1.55 bits per heavy atom. The minimum atomic E-state index is -1.07. The summed E-state index contributed by atoms with van der Waals surface area (Å²) < 4.78 is 1.47. The van der Waals surface area contributed by atoms with E-state index in [1.807, 2.05) is 0 Å². The molecule has 0 unspecified atom stereocenters. The Hall–Kier alpha value is -2.67. The number of aliphatic imine (C=N–C) groups is 1. The Morgan fingerprint density at radius 3 is 2.95 bits per heavy atom. The van der Waals surface area contributed by atoms with E-state index in [4.69, 9.17) is 5.11 Å². The molecule has 1 aromatic heterocycles. The molecule has 0 aromatic carbocycles. The number of aromatic nitrogens is 2.